The van der Waals surface area contributed by atoms with Gasteiger partial charge in [-0.15, -0.1) is 0 Å². The van der Waals surface area contributed by atoms with Crippen LogP contribution in [-0.4, -0.2) is 53.4 Å². The fraction of sp³-hybridized carbons (Fsp3) is 0.238. The Kier molecular flexibility index (Phi) is 12.0. The van der Waals surface area contributed by atoms with Crippen LogP contribution >= 0.6 is 11.6 Å². The van der Waals surface area contributed by atoms with Crippen molar-refractivity contribution in [3.8, 4) is 17.4 Å². The Morgan fingerprint density at radius 2 is 1.59 bits per heavy atom. The van der Waals surface area contributed by atoms with E-state index in [1.54, 1.807) is 42.6 Å². The third-order valence-electron chi connectivity index (χ3n) is 8.81. The molecule has 6 rings (SSSR count). The van der Waals surface area contributed by atoms with E-state index in [4.69, 9.17) is 21.1 Å². The van der Waals surface area contributed by atoms with Crippen LogP contribution in [0.1, 0.15) is 33.4 Å². The van der Waals surface area contributed by atoms with Crippen LogP contribution < -0.4 is 14.8 Å². The van der Waals surface area contributed by atoms with E-state index in [1.165, 1.54) is 28.8 Å². The van der Waals surface area contributed by atoms with Crippen LogP contribution in [-0.2, 0) is 24.4 Å². The lowest BCUT2D eigenvalue weighted by molar-refractivity contribution is -0.127. The highest BCUT2D eigenvalue weighted by Gasteiger charge is 2.20. The number of benzene rings is 4. The first-order valence-corrected chi connectivity index (χ1v) is 17.5. The molecule has 1 aliphatic rings. The largest absolute Gasteiger partial charge is 0.487 e. The van der Waals surface area contributed by atoms with Gasteiger partial charge in [0, 0.05) is 57.1 Å². The minimum Gasteiger partial charge on any atom is -0.487 e. The summed E-state index contributed by atoms with van der Waals surface area (Å²) in [5.74, 6) is 1.32. The quantitative estimate of drug-likeness (QED) is 0.124. The number of aromatic nitrogens is 1. The first-order valence-electron chi connectivity index (χ1n) is 17.2. The van der Waals surface area contributed by atoms with Crippen LogP contribution in [0.15, 0.2) is 109 Å². The molecule has 1 N–H and O–H groups in total. The molecule has 0 saturated carbocycles. The number of carbonyl (C=O) groups excluding carboxylic acids is 1. The van der Waals surface area contributed by atoms with Crippen molar-refractivity contribution < 1.29 is 18.7 Å². The number of amides is 1. The maximum atomic E-state index is 13.1. The lowest BCUT2D eigenvalue weighted by Crippen LogP contribution is -2.47. The van der Waals surface area contributed by atoms with Gasteiger partial charge in [-0.3, -0.25) is 9.69 Å². The summed E-state index contributed by atoms with van der Waals surface area (Å²) >= 11 is 6.62. The van der Waals surface area contributed by atoms with E-state index in [-0.39, 0.29) is 11.7 Å². The Labute approximate surface area is 304 Å². The van der Waals surface area contributed by atoms with Gasteiger partial charge in [-0.2, -0.15) is 0 Å². The number of hydrogen-bond donors (Lipinski definition) is 1. The standard InChI is InChI=1S/C42H42ClFN4O3/c1-30-3-5-34(6-4-30)29-50-38-16-17-40(46-27-38)51-42-31(2)25-35(26-39(42)43)11-18-41(49)48-23-21-47(22-24-48)28-33-9-7-32(8-10-33)19-20-45-37-14-12-36(44)13-15-37/h3-18,25-27,45H,19-24,28-29H2,1-2H3. The molecule has 0 aliphatic carbocycles. The number of nitrogens with zero attached hydrogens (tertiary/aromatic N) is 3. The van der Waals surface area contributed by atoms with Gasteiger partial charge in [0.05, 0.1) is 11.2 Å². The van der Waals surface area contributed by atoms with Crippen LogP contribution in [0.3, 0.4) is 0 Å². The Hall–Kier alpha value is -5.18. The highest BCUT2D eigenvalue weighted by Crippen LogP contribution is 2.34. The molecule has 0 atom stereocenters. The van der Waals surface area contributed by atoms with Crippen molar-refractivity contribution >= 4 is 29.3 Å². The first kappa shape index (κ1) is 35.6. The van der Waals surface area contributed by atoms with E-state index in [1.807, 2.05) is 36.1 Å². The van der Waals surface area contributed by atoms with Crippen molar-refractivity contribution in [1.82, 2.24) is 14.8 Å². The van der Waals surface area contributed by atoms with Crippen molar-refractivity contribution in [1.29, 1.82) is 0 Å². The van der Waals surface area contributed by atoms with Gasteiger partial charge in [0.2, 0.25) is 11.8 Å². The number of ether oxygens (including phenoxy) is 2. The second-order valence-electron chi connectivity index (χ2n) is 12.8. The normalized spacial score (nSPS) is 13.4. The lowest BCUT2D eigenvalue weighted by atomic mass is 10.1. The maximum Gasteiger partial charge on any atom is 0.246 e. The SMILES string of the molecule is Cc1ccc(COc2ccc(Oc3c(C)cc(C=CC(=O)N4CCN(Cc5ccc(CCNc6ccc(F)cc6)cc5)CC4)cc3Cl)nc2)cc1. The summed E-state index contributed by atoms with van der Waals surface area (Å²) in [5, 5.41) is 3.76. The second kappa shape index (κ2) is 17.2. The molecule has 1 saturated heterocycles. The minimum atomic E-state index is -0.232. The minimum absolute atomic E-state index is 0.0174. The second-order valence-corrected chi connectivity index (χ2v) is 13.2. The summed E-state index contributed by atoms with van der Waals surface area (Å²) < 4.78 is 25.0. The topological polar surface area (TPSA) is 66.9 Å². The van der Waals surface area contributed by atoms with Crippen LogP contribution in [0.4, 0.5) is 10.1 Å². The van der Waals surface area contributed by atoms with Crippen molar-refractivity contribution in [2.24, 2.45) is 0 Å². The predicted molar refractivity (Wildman–Crippen MR) is 202 cm³/mol. The highest BCUT2D eigenvalue weighted by atomic mass is 35.5. The van der Waals surface area contributed by atoms with E-state index >= 15 is 0 Å². The van der Waals surface area contributed by atoms with Gasteiger partial charge in [0.1, 0.15) is 18.2 Å². The van der Waals surface area contributed by atoms with Gasteiger partial charge >= 0.3 is 0 Å². The van der Waals surface area contributed by atoms with E-state index in [0.29, 0.717) is 42.1 Å². The molecule has 0 spiro atoms. The summed E-state index contributed by atoms with van der Waals surface area (Å²) in [7, 11) is 0. The Morgan fingerprint density at radius 1 is 0.882 bits per heavy atom. The number of nitrogens with one attached hydrogen (secondary N) is 1. The average molecular weight is 705 g/mol. The number of halogens is 2. The lowest BCUT2D eigenvalue weighted by Gasteiger charge is -2.34. The summed E-state index contributed by atoms with van der Waals surface area (Å²) in [4.78, 5) is 21.7. The number of aryl methyl sites for hydroxylation is 2. The number of hydrogen-bond acceptors (Lipinski definition) is 6. The molecule has 1 amide bonds. The number of anilines is 1. The van der Waals surface area contributed by atoms with E-state index < -0.39 is 0 Å². The molecule has 0 unspecified atom stereocenters. The molecular formula is C42H42ClFN4O3. The molecule has 9 heteroatoms. The van der Waals surface area contributed by atoms with E-state index in [9.17, 15) is 9.18 Å². The smallest absolute Gasteiger partial charge is 0.246 e. The van der Waals surface area contributed by atoms with Crippen molar-refractivity contribution in [3.05, 3.63) is 154 Å². The summed E-state index contributed by atoms with van der Waals surface area (Å²) in [6.07, 6.45) is 5.93. The van der Waals surface area contributed by atoms with Gasteiger partial charge in [0.15, 0.2) is 5.75 Å². The van der Waals surface area contributed by atoms with E-state index in [0.717, 1.165) is 55.0 Å². The Bertz CT molecular complexity index is 1900. The molecule has 51 heavy (non-hydrogen) atoms. The average Bonchev–Trinajstić information content (AvgIpc) is 3.14. The third kappa shape index (κ3) is 10.4. The molecule has 5 aromatic rings. The van der Waals surface area contributed by atoms with Crippen LogP contribution in [0.2, 0.25) is 5.02 Å². The maximum absolute atomic E-state index is 13.1. The molecule has 0 bridgehead atoms. The molecule has 1 fully saturated rings. The predicted octanol–water partition coefficient (Wildman–Crippen LogP) is 8.87. The molecule has 1 aliphatic heterocycles. The number of carbonyl (C=O) groups is 1. The monoisotopic (exact) mass is 704 g/mol. The van der Waals surface area contributed by atoms with Crippen LogP contribution in [0.5, 0.6) is 17.4 Å². The Morgan fingerprint density at radius 3 is 2.27 bits per heavy atom. The zero-order chi connectivity index (χ0) is 35.6. The van der Waals surface area contributed by atoms with Crippen LogP contribution in [0, 0.1) is 19.7 Å². The Balaban J connectivity index is 0.931. The van der Waals surface area contributed by atoms with Crippen molar-refractivity contribution in [2.45, 2.75) is 33.4 Å². The molecule has 0 radical (unpaired) electrons. The number of piperazine rings is 1. The molecular weight excluding hydrogens is 663 g/mol. The molecule has 2 heterocycles. The highest BCUT2D eigenvalue weighted by molar-refractivity contribution is 6.32. The molecule has 7 nitrogen and oxygen atoms in total. The number of rotatable bonds is 13. The summed E-state index contributed by atoms with van der Waals surface area (Å²) in [6, 6.07) is 30.6. The van der Waals surface area contributed by atoms with Crippen molar-refractivity contribution in [3.63, 3.8) is 0 Å². The van der Waals surface area contributed by atoms with Crippen LogP contribution in [0.25, 0.3) is 6.08 Å². The molecule has 4 aromatic carbocycles. The molecule has 1 aromatic heterocycles. The fourth-order valence-corrected chi connectivity index (χ4v) is 6.15. The van der Waals surface area contributed by atoms with Gasteiger partial charge in [-0.05, 0) is 96.6 Å². The van der Waals surface area contributed by atoms with Gasteiger partial charge in [-0.25, -0.2) is 9.37 Å². The number of pyridine rings is 1. The van der Waals surface area contributed by atoms with E-state index in [2.05, 4.69) is 58.5 Å². The zero-order valence-corrected chi connectivity index (χ0v) is 29.7. The third-order valence-corrected chi connectivity index (χ3v) is 9.09. The zero-order valence-electron chi connectivity index (χ0n) is 28.9. The first-order chi connectivity index (χ1) is 24.8. The van der Waals surface area contributed by atoms with Crippen molar-refractivity contribution in [2.75, 3.05) is 38.0 Å². The van der Waals surface area contributed by atoms with Gasteiger partial charge in [0.25, 0.3) is 0 Å². The van der Waals surface area contributed by atoms with Gasteiger partial charge < -0.3 is 19.7 Å². The summed E-state index contributed by atoms with van der Waals surface area (Å²) in [5.41, 5.74) is 7.36. The summed E-state index contributed by atoms with van der Waals surface area (Å²) in [6.45, 7) is 9.03. The fourth-order valence-electron chi connectivity index (χ4n) is 5.84. The molecule has 262 valence electrons. The van der Waals surface area contributed by atoms with Gasteiger partial charge in [-0.1, -0.05) is 65.7 Å².